The molecule has 2 atom stereocenters. The maximum absolute atomic E-state index is 6.30. The molecule has 2 rings (SSSR count). The van der Waals surface area contributed by atoms with Crippen LogP contribution >= 0.6 is 0 Å². The number of unbranched alkanes of at least 4 members (excludes halogenated alkanes) is 18. The predicted molar refractivity (Wildman–Crippen MR) is 229 cm³/mol. The van der Waals surface area contributed by atoms with E-state index in [-0.39, 0.29) is 0 Å². The molecule has 296 valence electrons. The monoisotopic (exact) mass is 718 g/mol. The minimum Gasteiger partial charge on any atom is -0.381 e. The molecule has 0 saturated carbocycles. The third-order valence-corrected chi connectivity index (χ3v) is 10.5. The summed E-state index contributed by atoms with van der Waals surface area (Å²) in [5.74, 6) is 1.15. The lowest BCUT2D eigenvalue weighted by Gasteiger charge is -2.18. The van der Waals surface area contributed by atoms with Gasteiger partial charge in [-0.2, -0.15) is 0 Å². The second kappa shape index (κ2) is 36.1. The fraction of sp³-hybridized carbons (Fsp3) is 0.714. The molecule has 0 bridgehead atoms. The Kier molecular flexibility index (Phi) is 32.0. The van der Waals surface area contributed by atoms with Crippen molar-refractivity contribution >= 4 is 0 Å². The highest BCUT2D eigenvalue weighted by molar-refractivity contribution is 5.14. The molecule has 3 nitrogen and oxygen atoms in total. The van der Waals surface area contributed by atoms with Crippen molar-refractivity contribution in [1.82, 2.24) is 4.90 Å². The van der Waals surface area contributed by atoms with E-state index in [0.29, 0.717) is 11.8 Å². The molecule has 0 aliphatic carbocycles. The van der Waals surface area contributed by atoms with E-state index in [1.165, 1.54) is 147 Å². The smallest absolute Gasteiger partial charge is 0.0510 e. The van der Waals surface area contributed by atoms with E-state index >= 15 is 0 Å². The first-order valence-electron chi connectivity index (χ1n) is 22.3. The van der Waals surface area contributed by atoms with Crippen LogP contribution in [0.4, 0.5) is 0 Å². The zero-order chi connectivity index (χ0) is 36.8. The van der Waals surface area contributed by atoms with Gasteiger partial charge in [-0.3, -0.25) is 4.90 Å². The molecule has 1 aromatic carbocycles. The van der Waals surface area contributed by atoms with Crippen molar-refractivity contribution in [3.8, 4) is 0 Å². The first-order chi connectivity index (χ1) is 25.8. The van der Waals surface area contributed by atoms with Crippen molar-refractivity contribution in [3.63, 3.8) is 0 Å². The van der Waals surface area contributed by atoms with Gasteiger partial charge in [0.1, 0.15) is 0 Å². The molecule has 0 N–H and O–H groups in total. The molecule has 1 saturated heterocycles. The number of allylic oxidation sites excluding steroid dienone is 8. The van der Waals surface area contributed by atoms with Crippen molar-refractivity contribution in [2.45, 2.75) is 174 Å². The van der Waals surface area contributed by atoms with Crippen LogP contribution in [0.15, 0.2) is 78.9 Å². The normalized spacial score (nSPS) is 17.0. The summed E-state index contributed by atoms with van der Waals surface area (Å²) in [4.78, 5) is 2.62. The summed E-state index contributed by atoms with van der Waals surface area (Å²) in [6.07, 6.45) is 49.7. The van der Waals surface area contributed by atoms with Gasteiger partial charge in [0.2, 0.25) is 0 Å². The largest absolute Gasteiger partial charge is 0.381 e. The molecule has 1 aliphatic rings. The lowest BCUT2D eigenvalue weighted by atomic mass is 9.98. The Labute approximate surface area is 323 Å². The Morgan fingerprint density at radius 2 is 0.865 bits per heavy atom. The van der Waals surface area contributed by atoms with E-state index in [1.54, 1.807) is 0 Å². The molecular formula is C49H83NO2. The van der Waals surface area contributed by atoms with Gasteiger partial charge >= 0.3 is 0 Å². The number of likely N-dealkylation sites (tertiary alicyclic amines) is 1. The van der Waals surface area contributed by atoms with Crippen LogP contribution in [0.1, 0.15) is 174 Å². The lowest BCUT2D eigenvalue weighted by molar-refractivity contribution is 0.0482. The molecule has 3 heteroatoms. The topological polar surface area (TPSA) is 21.7 Å². The summed E-state index contributed by atoms with van der Waals surface area (Å²) in [6.45, 7) is 11.4. The van der Waals surface area contributed by atoms with Crippen LogP contribution in [0.3, 0.4) is 0 Å². The summed E-state index contributed by atoms with van der Waals surface area (Å²) in [5, 5.41) is 0. The molecular weight excluding hydrogens is 635 g/mol. The lowest BCUT2D eigenvalue weighted by Crippen LogP contribution is -2.23. The molecule has 0 unspecified atom stereocenters. The molecule has 0 spiro atoms. The number of rotatable bonds is 36. The maximum atomic E-state index is 6.30. The van der Waals surface area contributed by atoms with Gasteiger partial charge in [0.05, 0.1) is 13.2 Å². The summed E-state index contributed by atoms with van der Waals surface area (Å²) < 4.78 is 12.6. The highest BCUT2D eigenvalue weighted by Gasteiger charge is 2.32. The Morgan fingerprint density at radius 1 is 0.481 bits per heavy atom. The van der Waals surface area contributed by atoms with Gasteiger partial charge in [-0.1, -0.05) is 170 Å². The van der Waals surface area contributed by atoms with Gasteiger partial charge in [0.25, 0.3) is 0 Å². The highest BCUT2D eigenvalue weighted by Crippen LogP contribution is 2.26. The standard InChI is InChI=1S/C49H83NO2/c1-3-5-7-9-11-13-15-17-19-21-23-25-27-29-31-36-40-51-45-48-43-50(42-47-38-34-33-35-39-47)44-49(48)46-52-41-37-32-30-28-26-24-22-20-18-16-14-12-10-8-6-4-2/h11-14,17-20,33-35,38-39,48-49H,3-10,15-16,21-32,36-37,40-46H2,1-2H3/b13-11-,14-12-,19-17-,20-18-/t48-,49-/m1/s1. The molecule has 1 aromatic rings. The fourth-order valence-corrected chi connectivity index (χ4v) is 7.24. The van der Waals surface area contributed by atoms with E-state index in [9.17, 15) is 0 Å². The number of hydrogen-bond acceptors (Lipinski definition) is 3. The van der Waals surface area contributed by atoms with Gasteiger partial charge in [-0.05, 0) is 82.6 Å². The van der Waals surface area contributed by atoms with Crippen molar-refractivity contribution in [2.24, 2.45) is 11.8 Å². The average Bonchev–Trinajstić information content (AvgIpc) is 3.54. The Bertz CT molecular complexity index is 938. The highest BCUT2D eigenvalue weighted by atomic mass is 16.5. The second-order valence-electron chi connectivity index (χ2n) is 15.5. The summed E-state index contributed by atoms with van der Waals surface area (Å²) in [5.41, 5.74) is 1.41. The third kappa shape index (κ3) is 27.6. The number of hydrogen-bond donors (Lipinski definition) is 0. The zero-order valence-electron chi connectivity index (χ0n) is 34.3. The van der Waals surface area contributed by atoms with Crippen LogP contribution in [0, 0.1) is 11.8 Å². The third-order valence-electron chi connectivity index (χ3n) is 10.5. The maximum Gasteiger partial charge on any atom is 0.0510 e. The summed E-state index contributed by atoms with van der Waals surface area (Å²) in [7, 11) is 0. The van der Waals surface area contributed by atoms with Gasteiger partial charge in [-0.25, -0.2) is 0 Å². The fourth-order valence-electron chi connectivity index (χ4n) is 7.24. The number of nitrogens with zero attached hydrogens (tertiary/aromatic N) is 1. The summed E-state index contributed by atoms with van der Waals surface area (Å²) in [6, 6.07) is 10.9. The SMILES string of the molecule is CCCCC/C=C\C/C=C\CCCCCCCCOC[C@H]1CN(Cc2ccccc2)C[C@@H]1COCCCCCCCC/C=C\C/C=C\CCCCC. The molecule has 52 heavy (non-hydrogen) atoms. The van der Waals surface area contributed by atoms with Crippen molar-refractivity contribution in [1.29, 1.82) is 0 Å². The van der Waals surface area contributed by atoms with Crippen molar-refractivity contribution < 1.29 is 9.47 Å². The van der Waals surface area contributed by atoms with Crippen LogP contribution in [-0.4, -0.2) is 44.4 Å². The molecule has 1 fully saturated rings. The van der Waals surface area contributed by atoms with E-state index in [2.05, 4.69) is 97.7 Å². The van der Waals surface area contributed by atoms with Crippen LogP contribution in [0.5, 0.6) is 0 Å². The van der Waals surface area contributed by atoms with Crippen molar-refractivity contribution in [2.75, 3.05) is 39.5 Å². The van der Waals surface area contributed by atoms with Gasteiger partial charge in [0.15, 0.2) is 0 Å². The second-order valence-corrected chi connectivity index (χ2v) is 15.5. The Hall–Kier alpha value is -1.94. The van der Waals surface area contributed by atoms with Crippen molar-refractivity contribution in [3.05, 3.63) is 84.5 Å². The quantitative estimate of drug-likeness (QED) is 0.0509. The van der Waals surface area contributed by atoms with E-state index in [4.69, 9.17) is 9.47 Å². The first-order valence-corrected chi connectivity index (χ1v) is 22.3. The predicted octanol–water partition coefficient (Wildman–Crippen LogP) is 14.4. The van der Waals surface area contributed by atoms with Crippen LogP contribution in [0.2, 0.25) is 0 Å². The molecule has 1 heterocycles. The van der Waals surface area contributed by atoms with E-state index < -0.39 is 0 Å². The zero-order valence-corrected chi connectivity index (χ0v) is 34.3. The van der Waals surface area contributed by atoms with Crippen LogP contribution < -0.4 is 0 Å². The average molecular weight is 718 g/mol. The molecule has 0 radical (unpaired) electrons. The number of ether oxygens (including phenoxy) is 2. The van der Waals surface area contributed by atoms with Gasteiger partial charge in [-0.15, -0.1) is 0 Å². The molecule has 1 aliphatic heterocycles. The molecule has 0 amide bonds. The summed E-state index contributed by atoms with van der Waals surface area (Å²) >= 11 is 0. The van der Waals surface area contributed by atoms with Gasteiger partial charge < -0.3 is 9.47 Å². The first kappa shape index (κ1) is 46.2. The Balaban J connectivity index is 1.49. The minimum atomic E-state index is 0.573. The van der Waals surface area contributed by atoms with E-state index in [1.807, 2.05) is 0 Å². The minimum absolute atomic E-state index is 0.573. The van der Waals surface area contributed by atoms with Crippen LogP contribution in [0.25, 0.3) is 0 Å². The Morgan fingerprint density at radius 3 is 1.29 bits per heavy atom. The number of benzene rings is 1. The molecule has 0 aromatic heterocycles. The van der Waals surface area contributed by atoms with Crippen LogP contribution in [-0.2, 0) is 16.0 Å². The van der Waals surface area contributed by atoms with Gasteiger partial charge in [0, 0.05) is 44.7 Å². The van der Waals surface area contributed by atoms with E-state index in [0.717, 1.165) is 58.9 Å².